The zero-order valence-corrected chi connectivity index (χ0v) is 8.87. The molecule has 0 spiro atoms. The van der Waals surface area contributed by atoms with Crippen molar-refractivity contribution >= 4 is 11.9 Å². The third-order valence-corrected chi connectivity index (χ3v) is 2.06. The van der Waals surface area contributed by atoms with E-state index < -0.39 is 12.0 Å². The number of carbonyl (C=O) groups is 2. The van der Waals surface area contributed by atoms with Crippen LogP contribution in [0.1, 0.15) is 20.3 Å². The lowest BCUT2D eigenvalue weighted by molar-refractivity contribution is -0.145. The van der Waals surface area contributed by atoms with Crippen molar-refractivity contribution in [1.82, 2.24) is 5.32 Å². The SMILES string of the molecule is CCC(CN)C(=O)NC(C)C(=O)OC. The van der Waals surface area contributed by atoms with E-state index in [9.17, 15) is 9.59 Å². The second-order valence-corrected chi connectivity index (χ2v) is 3.09. The van der Waals surface area contributed by atoms with Gasteiger partial charge in [0.15, 0.2) is 0 Å². The highest BCUT2D eigenvalue weighted by Gasteiger charge is 2.20. The third-order valence-electron chi connectivity index (χ3n) is 2.06. The summed E-state index contributed by atoms with van der Waals surface area (Å²) in [5, 5.41) is 2.54. The lowest BCUT2D eigenvalue weighted by atomic mass is 10.1. The van der Waals surface area contributed by atoms with E-state index in [4.69, 9.17) is 5.73 Å². The van der Waals surface area contributed by atoms with Crippen molar-refractivity contribution in [3.05, 3.63) is 0 Å². The summed E-state index contributed by atoms with van der Waals surface area (Å²) in [4.78, 5) is 22.4. The highest BCUT2D eigenvalue weighted by molar-refractivity contribution is 5.85. The standard InChI is InChI=1S/C9H18N2O3/c1-4-7(5-10)8(12)11-6(2)9(13)14-3/h6-7H,4-5,10H2,1-3H3,(H,11,12). The van der Waals surface area contributed by atoms with E-state index in [0.717, 1.165) is 0 Å². The number of rotatable bonds is 5. The van der Waals surface area contributed by atoms with E-state index >= 15 is 0 Å². The number of hydrogen-bond acceptors (Lipinski definition) is 4. The molecule has 0 aromatic heterocycles. The Kier molecular flexibility index (Phi) is 5.87. The van der Waals surface area contributed by atoms with Gasteiger partial charge in [-0.15, -0.1) is 0 Å². The average molecular weight is 202 g/mol. The molecule has 1 amide bonds. The number of ether oxygens (including phenoxy) is 1. The molecule has 0 aliphatic heterocycles. The summed E-state index contributed by atoms with van der Waals surface area (Å²) >= 11 is 0. The topological polar surface area (TPSA) is 81.4 Å². The minimum absolute atomic E-state index is 0.201. The highest BCUT2D eigenvalue weighted by Crippen LogP contribution is 2.00. The number of carbonyl (C=O) groups excluding carboxylic acids is 2. The molecule has 5 heteroatoms. The molecular formula is C9H18N2O3. The van der Waals surface area contributed by atoms with E-state index in [0.29, 0.717) is 6.42 Å². The average Bonchev–Trinajstić information content (AvgIpc) is 2.18. The molecule has 0 saturated carbocycles. The number of esters is 1. The maximum absolute atomic E-state index is 11.4. The van der Waals surface area contributed by atoms with Gasteiger partial charge in [0.1, 0.15) is 6.04 Å². The quantitative estimate of drug-likeness (QED) is 0.597. The van der Waals surface area contributed by atoms with Crippen LogP contribution in [0.3, 0.4) is 0 Å². The Bertz CT molecular complexity index is 202. The fourth-order valence-corrected chi connectivity index (χ4v) is 1.03. The third kappa shape index (κ3) is 3.74. The van der Waals surface area contributed by atoms with Gasteiger partial charge in [0.2, 0.25) is 5.91 Å². The van der Waals surface area contributed by atoms with Crippen LogP contribution in [0.2, 0.25) is 0 Å². The minimum atomic E-state index is -0.618. The van der Waals surface area contributed by atoms with Crippen molar-refractivity contribution in [3.8, 4) is 0 Å². The molecule has 0 aromatic carbocycles. The van der Waals surface area contributed by atoms with Gasteiger partial charge >= 0.3 is 5.97 Å². The molecule has 0 aliphatic rings. The van der Waals surface area contributed by atoms with Crippen LogP contribution >= 0.6 is 0 Å². The largest absolute Gasteiger partial charge is 0.467 e. The van der Waals surface area contributed by atoms with Gasteiger partial charge in [-0.25, -0.2) is 4.79 Å². The molecule has 3 N–H and O–H groups in total. The summed E-state index contributed by atoms with van der Waals surface area (Å²) in [5.41, 5.74) is 5.39. The normalized spacial score (nSPS) is 14.3. The zero-order valence-electron chi connectivity index (χ0n) is 8.87. The lowest BCUT2D eigenvalue weighted by Gasteiger charge is -2.16. The van der Waals surface area contributed by atoms with E-state index in [1.807, 2.05) is 6.92 Å². The number of methoxy groups -OCH3 is 1. The van der Waals surface area contributed by atoms with Gasteiger partial charge in [0.25, 0.3) is 0 Å². The molecular weight excluding hydrogens is 184 g/mol. The van der Waals surface area contributed by atoms with Crippen molar-refractivity contribution in [1.29, 1.82) is 0 Å². The first-order valence-electron chi connectivity index (χ1n) is 4.65. The van der Waals surface area contributed by atoms with E-state index in [1.54, 1.807) is 6.92 Å². The summed E-state index contributed by atoms with van der Waals surface area (Å²) in [6.45, 7) is 3.74. The number of amides is 1. The summed E-state index contributed by atoms with van der Waals surface area (Å²) in [5.74, 6) is -0.889. The lowest BCUT2D eigenvalue weighted by Crippen LogP contribution is -2.43. The first kappa shape index (κ1) is 12.9. The van der Waals surface area contributed by atoms with Gasteiger partial charge in [0.05, 0.1) is 7.11 Å². The molecule has 0 radical (unpaired) electrons. The Morgan fingerprint density at radius 3 is 2.43 bits per heavy atom. The van der Waals surface area contributed by atoms with Crippen LogP contribution in [0.4, 0.5) is 0 Å². The first-order chi connectivity index (χ1) is 6.56. The molecule has 0 bridgehead atoms. The molecule has 0 fully saturated rings. The van der Waals surface area contributed by atoms with Crippen LogP contribution in [0.5, 0.6) is 0 Å². The predicted molar refractivity (Wildman–Crippen MR) is 52.5 cm³/mol. The minimum Gasteiger partial charge on any atom is -0.467 e. The van der Waals surface area contributed by atoms with Gasteiger partial charge < -0.3 is 15.8 Å². The summed E-state index contributed by atoms with van der Waals surface area (Å²) in [7, 11) is 1.28. The van der Waals surface area contributed by atoms with Crippen LogP contribution in [-0.2, 0) is 14.3 Å². The molecule has 2 unspecified atom stereocenters. The number of nitrogens with one attached hydrogen (secondary N) is 1. The molecule has 2 atom stereocenters. The fraction of sp³-hybridized carbons (Fsp3) is 0.778. The van der Waals surface area contributed by atoms with Crippen molar-refractivity contribution < 1.29 is 14.3 Å². The first-order valence-corrected chi connectivity index (χ1v) is 4.65. The van der Waals surface area contributed by atoms with Gasteiger partial charge in [0, 0.05) is 12.5 Å². The second-order valence-electron chi connectivity index (χ2n) is 3.09. The van der Waals surface area contributed by atoms with Crippen molar-refractivity contribution in [3.63, 3.8) is 0 Å². The summed E-state index contributed by atoms with van der Waals surface area (Å²) in [6.07, 6.45) is 0.663. The maximum Gasteiger partial charge on any atom is 0.328 e. The van der Waals surface area contributed by atoms with Crippen LogP contribution in [0.25, 0.3) is 0 Å². The molecule has 5 nitrogen and oxygen atoms in total. The number of hydrogen-bond donors (Lipinski definition) is 2. The van der Waals surface area contributed by atoms with Crippen LogP contribution in [0, 0.1) is 5.92 Å². The molecule has 0 saturated heterocycles. The summed E-state index contributed by atoms with van der Waals surface area (Å²) in [6, 6.07) is -0.618. The smallest absolute Gasteiger partial charge is 0.328 e. The van der Waals surface area contributed by atoms with Gasteiger partial charge in [-0.3, -0.25) is 4.79 Å². The van der Waals surface area contributed by atoms with Crippen LogP contribution < -0.4 is 11.1 Å². The molecule has 82 valence electrons. The molecule has 0 aliphatic carbocycles. The van der Waals surface area contributed by atoms with Gasteiger partial charge in [-0.2, -0.15) is 0 Å². The second kappa shape index (κ2) is 6.37. The molecule has 14 heavy (non-hydrogen) atoms. The monoisotopic (exact) mass is 202 g/mol. The Balaban J connectivity index is 4.10. The Morgan fingerprint density at radius 2 is 2.07 bits per heavy atom. The van der Waals surface area contributed by atoms with Crippen LogP contribution in [0.15, 0.2) is 0 Å². The zero-order chi connectivity index (χ0) is 11.1. The van der Waals surface area contributed by atoms with Gasteiger partial charge in [-0.1, -0.05) is 6.92 Å². The number of nitrogens with two attached hydrogens (primary N) is 1. The highest BCUT2D eigenvalue weighted by atomic mass is 16.5. The fourth-order valence-electron chi connectivity index (χ4n) is 1.03. The van der Waals surface area contributed by atoms with Crippen molar-refractivity contribution in [2.24, 2.45) is 11.7 Å². The van der Waals surface area contributed by atoms with E-state index in [1.165, 1.54) is 7.11 Å². The summed E-state index contributed by atoms with van der Waals surface area (Å²) < 4.78 is 4.47. The Hall–Kier alpha value is -1.10. The van der Waals surface area contributed by atoms with E-state index in [-0.39, 0.29) is 18.4 Å². The maximum atomic E-state index is 11.4. The van der Waals surface area contributed by atoms with Crippen molar-refractivity contribution in [2.75, 3.05) is 13.7 Å². The van der Waals surface area contributed by atoms with Gasteiger partial charge in [-0.05, 0) is 13.3 Å². The van der Waals surface area contributed by atoms with E-state index in [2.05, 4.69) is 10.1 Å². The Morgan fingerprint density at radius 1 is 1.50 bits per heavy atom. The molecule has 0 heterocycles. The predicted octanol–water partition coefficient (Wildman–Crippen LogP) is -0.351. The van der Waals surface area contributed by atoms with Crippen LogP contribution in [-0.4, -0.2) is 31.6 Å². The Labute approximate surface area is 84.0 Å². The van der Waals surface area contributed by atoms with Crippen molar-refractivity contribution in [2.45, 2.75) is 26.3 Å². The molecule has 0 rings (SSSR count). The molecule has 0 aromatic rings.